The van der Waals surface area contributed by atoms with Crippen molar-refractivity contribution in [2.45, 2.75) is 70.1 Å². The zero-order valence-electron chi connectivity index (χ0n) is 22.0. The fraction of sp³-hybridized carbons (Fsp3) is 0.536. The quantitative estimate of drug-likeness (QED) is 0.240. The predicted molar refractivity (Wildman–Crippen MR) is 153 cm³/mol. The molecule has 8 nitrogen and oxygen atoms in total. The summed E-state index contributed by atoms with van der Waals surface area (Å²) in [7, 11) is -3.15. The van der Waals surface area contributed by atoms with Crippen molar-refractivity contribution in [3.05, 3.63) is 59.4 Å². The minimum Gasteiger partial charge on any atom is -0.390 e. The summed E-state index contributed by atoms with van der Waals surface area (Å²) in [6, 6.07) is 12.2. The molecule has 210 valence electrons. The van der Waals surface area contributed by atoms with Gasteiger partial charge in [-0.25, -0.2) is 4.39 Å². The Morgan fingerprint density at radius 3 is 2.53 bits per heavy atom. The van der Waals surface area contributed by atoms with Crippen LogP contribution in [0.25, 0.3) is 0 Å². The molecule has 0 unspecified atom stereocenters. The summed E-state index contributed by atoms with van der Waals surface area (Å²) < 4.78 is 38.0. The van der Waals surface area contributed by atoms with Crippen LogP contribution in [0.3, 0.4) is 0 Å². The van der Waals surface area contributed by atoms with E-state index in [1.54, 1.807) is 0 Å². The number of carbonyl (C=O) groups excluding carboxylic acids is 1. The second-order valence-electron chi connectivity index (χ2n) is 10.3. The molecule has 4 rings (SSSR count). The average Bonchev–Trinajstić information content (AvgIpc) is 3.27. The van der Waals surface area contributed by atoms with Crippen LogP contribution in [0.2, 0.25) is 0 Å². The lowest BCUT2D eigenvalue weighted by Crippen LogP contribution is -2.50. The first kappa shape index (κ1) is 28.6. The van der Waals surface area contributed by atoms with Crippen LogP contribution >= 0.6 is 10.8 Å². The monoisotopic (exact) mass is 548 g/mol. The van der Waals surface area contributed by atoms with Crippen LogP contribution in [0, 0.1) is 5.82 Å². The molecule has 1 aliphatic heterocycles. The van der Waals surface area contributed by atoms with E-state index in [1.165, 1.54) is 35.7 Å². The van der Waals surface area contributed by atoms with Crippen molar-refractivity contribution in [1.29, 1.82) is 0 Å². The Morgan fingerprint density at radius 1 is 1.13 bits per heavy atom. The van der Waals surface area contributed by atoms with E-state index in [2.05, 4.69) is 16.0 Å². The smallest absolute Gasteiger partial charge is 0.254 e. The number of aliphatic hydroxyl groups excluding tert-OH is 1. The van der Waals surface area contributed by atoms with E-state index in [1.807, 2.05) is 37.3 Å². The van der Waals surface area contributed by atoms with Crippen molar-refractivity contribution < 1.29 is 23.4 Å². The largest absolute Gasteiger partial charge is 0.390 e. The highest BCUT2D eigenvalue weighted by Crippen LogP contribution is 2.52. The molecule has 2 aliphatic rings. The summed E-state index contributed by atoms with van der Waals surface area (Å²) in [5.41, 5.74) is 1.25. The first-order valence-corrected chi connectivity index (χ1v) is 15.3. The maximum absolute atomic E-state index is 15.8. The standard InChI is InChI=1S/C28H41FN4O4S/c1-2-30-22-17-23(27(29)25(18-22)33-14-9-15-38(33,36)37)28(35)32-24(16-20-10-5-3-6-11-20)26(34)19-31-21-12-7-4-8-13-21/h3,5-6,10-11,17-18,21,24,26,30-31,34,36-37H,2,4,7-9,12-16,19H2,1H3,(H,32,35)/t24-,26+/m0/s1. The molecule has 2 aromatic carbocycles. The van der Waals surface area contributed by atoms with Gasteiger partial charge in [0.15, 0.2) is 5.82 Å². The zero-order chi connectivity index (χ0) is 27.1. The van der Waals surface area contributed by atoms with Gasteiger partial charge < -0.3 is 21.1 Å². The molecular formula is C28H41FN4O4S. The van der Waals surface area contributed by atoms with Gasteiger partial charge in [-0.15, -0.1) is 10.8 Å². The van der Waals surface area contributed by atoms with Crippen LogP contribution in [-0.4, -0.2) is 63.7 Å². The maximum atomic E-state index is 15.8. The lowest BCUT2D eigenvalue weighted by molar-refractivity contribution is 0.0817. The molecular weight excluding hydrogens is 507 g/mol. The summed E-state index contributed by atoms with van der Waals surface area (Å²) in [5, 5.41) is 20.6. The van der Waals surface area contributed by atoms with Gasteiger partial charge in [0.25, 0.3) is 5.91 Å². The molecule has 0 aromatic heterocycles. The fourth-order valence-corrected chi connectivity index (χ4v) is 6.94. The Labute approximate surface area is 226 Å². The number of nitrogens with one attached hydrogen (secondary N) is 3. The van der Waals surface area contributed by atoms with Gasteiger partial charge in [-0.05, 0) is 50.3 Å². The van der Waals surface area contributed by atoms with Crippen LogP contribution in [0.1, 0.15) is 61.4 Å². The zero-order valence-corrected chi connectivity index (χ0v) is 22.9. The topological polar surface area (TPSA) is 117 Å². The van der Waals surface area contributed by atoms with Gasteiger partial charge in [0, 0.05) is 31.4 Å². The van der Waals surface area contributed by atoms with Crippen LogP contribution in [0.15, 0.2) is 42.5 Å². The second kappa shape index (κ2) is 13.1. The molecule has 1 saturated heterocycles. The highest BCUT2D eigenvalue weighted by Gasteiger charge is 2.33. The van der Waals surface area contributed by atoms with E-state index in [9.17, 15) is 19.0 Å². The summed E-state index contributed by atoms with van der Waals surface area (Å²) in [6.07, 6.45) is 5.74. The Bertz CT molecular complexity index is 1070. The second-order valence-corrected chi connectivity index (χ2v) is 12.4. The molecule has 1 heterocycles. The van der Waals surface area contributed by atoms with E-state index >= 15 is 4.39 Å². The molecule has 2 atom stereocenters. The van der Waals surface area contributed by atoms with E-state index in [4.69, 9.17) is 0 Å². The third-order valence-electron chi connectivity index (χ3n) is 7.38. The van der Waals surface area contributed by atoms with E-state index in [0.29, 0.717) is 37.7 Å². The molecule has 38 heavy (non-hydrogen) atoms. The third kappa shape index (κ3) is 7.18. The lowest BCUT2D eigenvalue weighted by Gasteiger charge is -2.38. The summed E-state index contributed by atoms with van der Waals surface area (Å²) in [6.45, 7) is 3.04. The van der Waals surface area contributed by atoms with Crippen molar-refractivity contribution in [3.63, 3.8) is 0 Å². The highest BCUT2D eigenvalue weighted by molar-refractivity contribution is 8.25. The van der Waals surface area contributed by atoms with E-state index in [0.717, 1.165) is 18.4 Å². The van der Waals surface area contributed by atoms with Crippen LogP contribution in [0.5, 0.6) is 0 Å². The Hall–Kier alpha value is -2.37. The number of hydrogen-bond donors (Lipinski definition) is 6. The van der Waals surface area contributed by atoms with E-state index in [-0.39, 0.29) is 23.5 Å². The van der Waals surface area contributed by atoms with Gasteiger partial charge in [0.1, 0.15) is 0 Å². The molecule has 1 saturated carbocycles. The van der Waals surface area contributed by atoms with Gasteiger partial charge in [-0.3, -0.25) is 18.2 Å². The summed E-state index contributed by atoms with van der Waals surface area (Å²) in [5.74, 6) is -1.30. The lowest BCUT2D eigenvalue weighted by atomic mass is 9.95. The molecule has 2 aromatic rings. The normalized spacial score (nSPS) is 20.1. The minimum absolute atomic E-state index is 0.00905. The predicted octanol–water partition coefficient (Wildman–Crippen LogP) is 4.76. The SMILES string of the molecule is CCNc1cc(C(=O)N[C@@H](Cc2ccccc2)[C@H](O)CNC2CCCCC2)c(F)c(N2CCCS2(O)O)c1. The van der Waals surface area contributed by atoms with Gasteiger partial charge in [0.05, 0.1) is 29.1 Å². The van der Waals surface area contributed by atoms with Crippen LogP contribution in [0.4, 0.5) is 15.8 Å². The number of carbonyl (C=O) groups is 1. The van der Waals surface area contributed by atoms with Crippen LogP contribution < -0.4 is 20.3 Å². The molecule has 0 bridgehead atoms. The van der Waals surface area contributed by atoms with Crippen molar-refractivity contribution in [2.24, 2.45) is 0 Å². The maximum Gasteiger partial charge on any atom is 0.254 e. The molecule has 0 radical (unpaired) electrons. The molecule has 0 spiro atoms. The number of halogens is 1. The fourth-order valence-electron chi connectivity index (χ4n) is 5.33. The number of benzene rings is 2. The minimum atomic E-state index is -3.15. The van der Waals surface area contributed by atoms with E-state index < -0.39 is 34.6 Å². The summed E-state index contributed by atoms with van der Waals surface area (Å²) >= 11 is 0. The first-order valence-electron chi connectivity index (χ1n) is 13.7. The molecule has 1 aliphatic carbocycles. The number of hydrogen-bond acceptors (Lipinski definition) is 7. The Kier molecular flexibility index (Phi) is 9.89. The number of anilines is 2. The van der Waals surface area contributed by atoms with Gasteiger partial charge >= 0.3 is 0 Å². The third-order valence-corrected chi connectivity index (χ3v) is 9.30. The van der Waals surface area contributed by atoms with Crippen molar-refractivity contribution in [2.75, 3.05) is 35.0 Å². The molecule has 1 amide bonds. The molecule has 10 heteroatoms. The van der Waals surface area contributed by atoms with Crippen molar-refractivity contribution in [1.82, 2.24) is 10.6 Å². The number of rotatable bonds is 11. The van der Waals surface area contributed by atoms with Crippen molar-refractivity contribution >= 4 is 28.1 Å². The number of nitrogens with zero attached hydrogens (tertiary/aromatic N) is 1. The molecule has 2 fully saturated rings. The van der Waals surface area contributed by atoms with Gasteiger partial charge in [-0.1, -0.05) is 49.6 Å². The van der Waals surface area contributed by atoms with Crippen LogP contribution in [-0.2, 0) is 6.42 Å². The summed E-state index contributed by atoms with van der Waals surface area (Å²) in [4.78, 5) is 13.5. The Balaban J connectivity index is 1.57. The molecule has 6 N–H and O–H groups in total. The average molecular weight is 549 g/mol. The first-order chi connectivity index (χ1) is 18.3. The number of amides is 1. The van der Waals surface area contributed by atoms with Crippen molar-refractivity contribution in [3.8, 4) is 0 Å². The number of aliphatic hydroxyl groups is 1. The Morgan fingerprint density at radius 2 is 1.87 bits per heavy atom. The highest BCUT2D eigenvalue weighted by atomic mass is 32.3. The van der Waals surface area contributed by atoms with Gasteiger partial charge in [-0.2, -0.15) is 0 Å². The van der Waals surface area contributed by atoms with Gasteiger partial charge in [0.2, 0.25) is 0 Å².